The van der Waals surface area contributed by atoms with Gasteiger partial charge in [0.15, 0.2) is 0 Å². The van der Waals surface area contributed by atoms with Gasteiger partial charge in [0.1, 0.15) is 0 Å². The van der Waals surface area contributed by atoms with Crippen molar-refractivity contribution in [3.05, 3.63) is 36.2 Å². The van der Waals surface area contributed by atoms with Crippen LogP contribution in [0.1, 0.15) is 29.6 Å². The van der Waals surface area contributed by atoms with Crippen molar-refractivity contribution < 1.29 is 4.79 Å². The molecule has 0 saturated carbocycles. The minimum absolute atomic E-state index is 0.113. The van der Waals surface area contributed by atoms with Crippen molar-refractivity contribution in [2.24, 2.45) is 0 Å². The number of hydrogen-bond donors (Lipinski definition) is 0. The van der Waals surface area contributed by atoms with Crippen LogP contribution in [0.5, 0.6) is 0 Å². The molecule has 4 heteroatoms. The van der Waals surface area contributed by atoms with Gasteiger partial charge in [-0.15, -0.1) is 0 Å². The molecule has 1 saturated heterocycles. The highest BCUT2D eigenvalue weighted by atomic mass is 16.2. The van der Waals surface area contributed by atoms with Crippen LogP contribution < -0.4 is 0 Å². The summed E-state index contributed by atoms with van der Waals surface area (Å²) in [7, 11) is 0. The second kappa shape index (κ2) is 4.72. The molecule has 4 nitrogen and oxygen atoms in total. The van der Waals surface area contributed by atoms with E-state index < -0.39 is 0 Å². The number of carbonyl (C=O) groups is 1. The summed E-state index contributed by atoms with van der Waals surface area (Å²) in [5, 5.41) is 0. The summed E-state index contributed by atoms with van der Waals surface area (Å²) < 4.78 is 0. The number of nitrogens with zero attached hydrogens (tertiary/aromatic N) is 3. The van der Waals surface area contributed by atoms with E-state index in [9.17, 15) is 4.79 Å². The molecule has 1 aliphatic rings. The normalized spacial score (nSPS) is 15.9. The Morgan fingerprint density at radius 2 is 1.72 bits per heavy atom. The first kappa shape index (κ1) is 11.1. The Labute approximate surface area is 106 Å². The molecule has 92 valence electrons. The zero-order chi connectivity index (χ0) is 12.4. The van der Waals surface area contributed by atoms with Gasteiger partial charge in [-0.05, 0) is 37.5 Å². The van der Waals surface area contributed by atoms with Crippen molar-refractivity contribution in [1.82, 2.24) is 14.9 Å². The van der Waals surface area contributed by atoms with Gasteiger partial charge < -0.3 is 4.90 Å². The summed E-state index contributed by atoms with van der Waals surface area (Å²) in [6.45, 7) is 1.74. The van der Waals surface area contributed by atoms with Crippen LogP contribution in [0.2, 0.25) is 0 Å². The maximum absolute atomic E-state index is 12.3. The summed E-state index contributed by atoms with van der Waals surface area (Å²) >= 11 is 0. The van der Waals surface area contributed by atoms with Crippen molar-refractivity contribution in [1.29, 1.82) is 0 Å². The number of carbonyl (C=O) groups excluding carboxylic acids is 1. The Morgan fingerprint density at radius 1 is 1.00 bits per heavy atom. The van der Waals surface area contributed by atoms with E-state index in [1.165, 1.54) is 6.42 Å². The lowest BCUT2D eigenvalue weighted by atomic mass is 10.1. The van der Waals surface area contributed by atoms with Crippen LogP contribution >= 0.6 is 0 Å². The first-order valence-electron chi connectivity index (χ1n) is 6.35. The first-order valence-corrected chi connectivity index (χ1v) is 6.35. The number of benzene rings is 1. The molecule has 18 heavy (non-hydrogen) atoms. The Hall–Kier alpha value is -1.97. The topological polar surface area (TPSA) is 46.1 Å². The Kier molecular flexibility index (Phi) is 2.92. The third kappa shape index (κ3) is 2.06. The number of likely N-dealkylation sites (tertiary alicyclic amines) is 1. The summed E-state index contributed by atoms with van der Waals surface area (Å²) in [5.41, 5.74) is 2.32. The molecule has 0 bridgehead atoms. The molecule has 1 aliphatic heterocycles. The summed E-state index contributed by atoms with van der Waals surface area (Å²) in [4.78, 5) is 22.7. The van der Waals surface area contributed by atoms with Crippen LogP contribution in [-0.2, 0) is 0 Å². The minimum atomic E-state index is 0.113. The fraction of sp³-hybridized carbons (Fsp3) is 0.357. The maximum atomic E-state index is 12.3. The van der Waals surface area contributed by atoms with Crippen LogP contribution in [0.3, 0.4) is 0 Å². The molecular formula is C14H15N3O. The average Bonchev–Trinajstić information content (AvgIpc) is 2.47. The lowest BCUT2D eigenvalue weighted by Gasteiger charge is -2.26. The summed E-state index contributed by atoms with van der Waals surface area (Å²) in [6.07, 6.45) is 6.76. The molecule has 1 amide bonds. The molecular weight excluding hydrogens is 226 g/mol. The highest BCUT2D eigenvalue weighted by molar-refractivity contribution is 5.97. The summed E-state index contributed by atoms with van der Waals surface area (Å²) in [6, 6.07) is 5.53. The third-order valence-corrected chi connectivity index (χ3v) is 3.36. The van der Waals surface area contributed by atoms with E-state index in [1.807, 2.05) is 23.1 Å². The van der Waals surface area contributed by atoms with Crippen molar-refractivity contribution in [3.63, 3.8) is 0 Å². The van der Waals surface area contributed by atoms with E-state index in [4.69, 9.17) is 0 Å². The quantitative estimate of drug-likeness (QED) is 0.769. The SMILES string of the molecule is O=C(c1ccc2nccnc2c1)N1CCCCC1. The largest absolute Gasteiger partial charge is 0.339 e. The van der Waals surface area contributed by atoms with Crippen molar-refractivity contribution in [3.8, 4) is 0 Å². The molecule has 1 fully saturated rings. The average molecular weight is 241 g/mol. The molecule has 2 heterocycles. The van der Waals surface area contributed by atoms with Crippen molar-refractivity contribution >= 4 is 16.9 Å². The second-order valence-electron chi connectivity index (χ2n) is 4.61. The highest BCUT2D eigenvalue weighted by Crippen LogP contribution is 2.16. The van der Waals surface area contributed by atoms with E-state index in [2.05, 4.69) is 9.97 Å². The number of piperidine rings is 1. The van der Waals surface area contributed by atoms with Crippen LogP contribution in [0.4, 0.5) is 0 Å². The molecule has 3 rings (SSSR count). The van der Waals surface area contributed by atoms with Crippen LogP contribution in [0.25, 0.3) is 11.0 Å². The van der Waals surface area contributed by atoms with Gasteiger partial charge in [0.05, 0.1) is 11.0 Å². The van der Waals surface area contributed by atoms with Gasteiger partial charge in [-0.3, -0.25) is 14.8 Å². The van der Waals surface area contributed by atoms with Gasteiger partial charge in [-0.1, -0.05) is 0 Å². The Morgan fingerprint density at radius 3 is 2.50 bits per heavy atom. The number of hydrogen-bond acceptors (Lipinski definition) is 3. The van der Waals surface area contributed by atoms with E-state index in [-0.39, 0.29) is 5.91 Å². The molecule has 0 atom stereocenters. The summed E-state index contributed by atoms with van der Waals surface area (Å²) in [5.74, 6) is 0.113. The van der Waals surface area contributed by atoms with E-state index in [1.54, 1.807) is 12.4 Å². The predicted octanol–water partition coefficient (Wildman–Crippen LogP) is 2.26. The molecule has 0 unspecified atom stereocenters. The van der Waals surface area contributed by atoms with Gasteiger partial charge >= 0.3 is 0 Å². The van der Waals surface area contributed by atoms with Crippen molar-refractivity contribution in [2.75, 3.05) is 13.1 Å². The van der Waals surface area contributed by atoms with Gasteiger partial charge in [0.25, 0.3) is 5.91 Å². The lowest BCUT2D eigenvalue weighted by Crippen LogP contribution is -2.35. The lowest BCUT2D eigenvalue weighted by molar-refractivity contribution is 0.0724. The Balaban J connectivity index is 1.91. The number of fused-ring (bicyclic) bond motifs is 1. The minimum Gasteiger partial charge on any atom is -0.339 e. The van der Waals surface area contributed by atoms with E-state index >= 15 is 0 Å². The molecule has 0 radical (unpaired) electrons. The number of amides is 1. The number of rotatable bonds is 1. The molecule has 0 N–H and O–H groups in total. The smallest absolute Gasteiger partial charge is 0.253 e. The predicted molar refractivity (Wildman–Crippen MR) is 69.3 cm³/mol. The Bertz CT molecular complexity index is 576. The molecule has 1 aromatic heterocycles. The maximum Gasteiger partial charge on any atom is 0.253 e. The molecule has 2 aromatic rings. The van der Waals surface area contributed by atoms with E-state index in [0.29, 0.717) is 5.56 Å². The highest BCUT2D eigenvalue weighted by Gasteiger charge is 2.18. The van der Waals surface area contributed by atoms with Crippen LogP contribution in [0.15, 0.2) is 30.6 Å². The van der Waals surface area contributed by atoms with Crippen LogP contribution in [-0.4, -0.2) is 33.9 Å². The van der Waals surface area contributed by atoms with E-state index in [0.717, 1.165) is 37.0 Å². The van der Waals surface area contributed by atoms with Gasteiger partial charge in [0.2, 0.25) is 0 Å². The monoisotopic (exact) mass is 241 g/mol. The molecule has 0 spiro atoms. The first-order chi connectivity index (χ1) is 8.84. The standard InChI is InChI=1S/C14H15N3O/c18-14(17-8-2-1-3-9-17)11-4-5-12-13(10-11)16-7-6-15-12/h4-7,10H,1-3,8-9H2. The molecule has 0 aliphatic carbocycles. The van der Waals surface area contributed by atoms with Crippen molar-refractivity contribution in [2.45, 2.75) is 19.3 Å². The zero-order valence-corrected chi connectivity index (χ0v) is 10.2. The van der Waals surface area contributed by atoms with Gasteiger partial charge in [-0.25, -0.2) is 0 Å². The fourth-order valence-corrected chi connectivity index (χ4v) is 2.38. The second-order valence-corrected chi connectivity index (χ2v) is 4.61. The zero-order valence-electron chi connectivity index (χ0n) is 10.2. The third-order valence-electron chi connectivity index (χ3n) is 3.36. The molecule has 1 aromatic carbocycles. The number of aromatic nitrogens is 2. The van der Waals surface area contributed by atoms with Crippen LogP contribution in [0, 0.1) is 0 Å². The van der Waals surface area contributed by atoms with Gasteiger partial charge in [-0.2, -0.15) is 0 Å². The van der Waals surface area contributed by atoms with Gasteiger partial charge in [0, 0.05) is 31.0 Å². The fourth-order valence-electron chi connectivity index (χ4n) is 2.38.